The Bertz CT molecular complexity index is 1100. The van der Waals surface area contributed by atoms with E-state index in [4.69, 9.17) is 4.99 Å². The van der Waals surface area contributed by atoms with Crippen LogP contribution < -0.4 is 0 Å². The van der Waals surface area contributed by atoms with Crippen molar-refractivity contribution in [2.45, 2.75) is 13.8 Å². The maximum absolute atomic E-state index is 4.78. The van der Waals surface area contributed by atoms with Gasteiger partial charge in [0.1, 0.15) is 0 Å². The molecule has 3 aromatic carbocycles. The van der Waals surface area contributed by atoms with Crippen LogP contribution in [0.1, 0.15) is 17.0 Å². The Kier molecular flexibility index (Phi) is 4.48. The highest BCUT2D eigenvalue weighted by atomic mass is 79.9. The monoisotopic (exact) mass is 402 g/mol. The maximum Gasteiger partial charge on any atom is 0.0708 e. The Hall–Kier alpha value is -2.65. The average molecular weight is 403 g/mol. The number of aromatic nitrogens is 1. The van der Waals surface area contributed by atoms with Crippen molar-refractivity contribution in [1.82, 2.24) is 4.57 Å². The fraction of sp³-hybridized carbons (Fsp3) is 0.0870. The molecular weight excluding hydrogens is 384 g/mol. The van der Waals surface area contributed by atoms with Crippen LogP contribution in [-0.4, -0.2) is 10.8 Å². The first-order valence-electron chi connectivity index (χ1n) is 8.60. The third-order valence-electron chi connectivity index (χ3n) is 4.66. The number of halogens is 1. The molecule has 128 valence electrons. The summed E-state index contributed by atoms with van der Waals surface area (Å²) in [7, 11) is 0. The van der Waals surface area contributed by atoms with Gasteiger partial charge >= 0.3 is 0 Å². The molecule has 0 spiro atoms. The van der Waals surface area contributed by atoms with Gasteiger partial charge in [-0.3, -0.25) is 4.99 Å². The second-order valence-electron chi connectivity index (χ2n) is 6.39. The number of aryl methyl sites for hydroxylation is 1. The van der Waals surface area contributed by atoms with Gasteiger partial charge in [-0.25, -0.2) is 0 Å². The van der Waals surface area contributed by atoms with Crippen molar-refractivity contribution < 1.29 is 0 Å². The topological polar surface area (TPSA) is 17.3 Å². The van der Waals surface area contributed by atoms with Crippen molar-refractivity contribution in [3.8, 4) is 5.69 Å². The Morgan fingerprint density at radius 2 is 1.62 bits per heavy atom. The van der Waals surface area contributed by atoms with E-state index < -0.39 is 0 Å². The lowest BCUT2D eigenvalue weighted by molar-refractivity contribution is 0.964. The predicted octanol–water partition coefficient (Wildman–Crippen LogP) is 6.76. The summed E-state index contributed by atoms with van der Waals surface area (Å²) in [5.41, 5.74) is 5.68. The first kappa shape index (κ1) is 16.8. The molecule has 0 amide bonds. The molecule has 4 rings (SSSR count). The summed E-state index contributed by atoms with van der Waals surface area (Å²) in [6.07, 6.45) is 1.97. The minimum Gasteiger partial charge on any atom is -0.318 e. The quantitative estimate of drug-likeness (QED) is 0.336. The molecule has 0 radical (unpaired) electrons. The minimum atomic E-state index is 0.997. The maximum atomic E-state index is 4.78. The zero-order valence-electron chi connectivity index (χ0n) is 14.8. The van der Waals surface area contributed by atoms with Crippen molar-refractivity contribution in [2.75, 3.05) is 0 Å². The lowest BCUT2D eigenvalue weighted by Crippen LogP contribution is -1.99. The second kappa shape index (κ2) is 6.93. The highest BCUT2D eigenvalue weighted by Gasteiger charge is 2.09. The molecule has 0 aliphatic carbocycles. The van der Waals surface area contributed by atoms with Crippen LogP contribution in [0, 0.1) is 13.8 Å². The highest BCUT2D eigenvalue weighted by Crippen LogP contribution is 2.26. The van der Waals surface area contributed by atoms with E-state index in [-0.39, 0.29) is 0 Å². The summed E-state index contributed by atoms with van der Waals surface area (Å²) in [6.45, 7) is 4.27. The van der Waals surface area contributed by atoms with Crippen molar-refractivity contribution in [3.63, 3.8) is 0 Å². The summed E-state index contributed by atoms with van der Waals surface area (Å²) in [5, 5.41) is 2.38. The summed E-state index contributed by atoms with van der Waals surface area (Å²) in [6, 6.07) is 25.2. The Labute approximate surface area is 162 Å². The average Bonchev–Trinajstić information content (AvgIpc) is 2.94. The zero-order valence-corrected chi connectivity index (χ0v) is 16.4. The number of fused-ring (bicyclic) bond motifs is 1. The Morgan fingerprint density at radius 1 is 0.885 bits per heavy atom. The lowest BCUT2D eigenvalue weighted by atomic mass is 10.1. The molecule has 0 fully saturated rings. The van der Waals surface area contributed by atoms with Crippen molar-refractivity contribution >= 4 is 38.6 Å². The molecule has 2 nitrogen and oxygen atoms in total. The first-order chi connectivity index (χ1) is 12.6. The molecule has 0 unspecified atom stereocenters. The van der Waals surface area contributed by atoms with E-state index in [0.717, 1.165) is 21.4 Å². The van der Waals surface area contributed by atoms with E-state index in [2.05, 4.69) is 107 Å². The van der Waals surface area contributed by atoms with Gasteiger partial charge in [0.15, 0.2) is 0 Å². The normalized spacial score (nSPS) is 11.5. The van der Waals surface area contributed by atoms with Gasteiger partial charge in [0.05, 0.1) is 5.69 Å². The first-order valence-corrected chi connectivity index (χ1v) is 9.39. The lowest BCUT2D eigenvalue weighted by Gasteiger charge is -2.09. The standard InChI is InChI=1S/C23H19BrN2/c1-16-14-19(17(2)26(16)21-12-10-20(24)11-13-21)15-25-23-9-5-7-18-6-3-4-8-22(18)23/h3-15H,1-2H3. The Balaban J connectivity index is 1.74. The van der Waals surface area contributed by atoms with E-state index in [0.29, 0.717) is 0 Å². The number of benzene rings is 3. The van der Waals surface area contributed by atoms with Gasteiger partial charge in [-0.1, -0.05) is 52.3 Å². The number of rotatable bonds is 3. The van der Waals surface area contributed by atoms with Crippen molar-refractivity contribution in [2.24, 2.45) is 4.99 Å². The van der Waals surface area contributed by atoms with Crippen LogP contribution in [0.3, 0.4) is 0 Å². The molecule has 3 heteroatoms. The van der Waals surface area contributed by atoms with Crippen LogP contribution in [0.15, 0.2) is 82.3 Å². The minimum absolute atomic E-state index is 0.997. The number of hydrogen-bond acceptors (Lipinski definition) is 1. The summed E-state index contributed by atoms with van der Waals surface area (Å²) in [4.78, 5) is 4.78. The van der Waals surface area contributed by atoms with E-state index in [1.165, 1.54) is 22.2 Å². The molecule has 0 atom stereocenters. The van der Waals surface area contributed by atoms with Crippen molar-refractivity contribution in [1.29, 1.82) is 0 Å². The summed E-state index contributed by atoms with van der Waals surface area (Å²) < 4.78 is 3.35. The number of hydrogen-bond donors (Lipinski definition) is 0. The molecule has 1 aromatic heterocycles. The van der Waals surface area contributed by atoms with Gasteiger partial charge in [-0.2, -0.15) is 0 Å². The van der Waals surface area contributed by atoms with Crippen LogP contribution in [0.25, 0.3) is 16.5 Å². The van der Waals surface area contributed by atoms with E-state index in [1.807, 2.05) is 6.21 Å². The fourth-order valence-electron chi connectivity index (χ4n) is 3.37. The molecule has 0 bridgehead atoms. The van der Waals surface area contributed by atoms with Crippen LogP contribution in [0.4, 0.5) is 5.69 Å². The molecule has 4 aromatic rings. The van der Waals surface area contributed by atoms with Gasteiger partial charge in [-0.15, -0.1) is 0 Å². The summed E-state index contributed by atoms with van der Waals surface area (Å²) >= 11 is 3.50. The highest BCUT2D eigenvalue weighted by molar-refractivity contribution is 9.10. The molecule has 0 aliphatic rings. The predicted molar refractivity (Wildman–Crippen MR) is 114 cm³/mol. The van der Waals surface area contributed by atoms with E-state index >= 15 is 0 Å². The third kappa shape index (κ3) is 3.11. The van der Waals surface area contributed by atoms with Crippen molar-refractivity contribution in [3.05, 3.63) is 94.2 Å². The number of aliphatic imine (C=N–C) groups is 1. The molecule has 1 heterocycles. The SMILES string of the molecule is Cc1cc(C=Nc2cccc3ccccc23)c(C)n1-c1ccc(Br)cc1. The third-order valence-corrected chi connectivity index (χ3v) is 5.19. The van der Waals surface area contributed by atoms with Gasteiger partial charge in [0.2, 0.25) is 0 Å². The van der Waals surface area contributed by atoms with Crippen LogP contribution in [-0.2, 0) is 0 Å². The van der Waals surface area contributed by atoms with E-state index in [1.54, 1.807) is 0 Å². The molecule has 26 heavy (non-hydrogen) atoms. The van der Waals surface area contributed by atoms with Gasteiger partial charge in [-0.05, 0) is 55.6 Å². The summed E-state index contributed by atoms with van der Waals surface area (Å²) in [5.74, 6) is 0. The molecule has 0 aliphatic heterocycles. The molecule has 0 N–H and O–H groups in total. The van der Waals surface area contributed by atoms with E-state index in [9.17, 15) is 0 Å². The smallest absolute Gasteiger partial charge is 0.0708 e. The fourth-order valence-corrected chi connectivity index (χ4v) is 3.63. The van der Waals surface area contributed by atoms with Gasteiger partial charge in [0.25, 0.3) is 0 Å². The largest absolute Gasteiger partial charge is 0.318 e. The van der Waals surface area contributed by atoms with Crippen LogP contribution in [0.5, 0.6) is 0 Å². The molecule has 0 saturated heterocycles. The number of nitrogens with zero attached hydrogens (tertiary/aromatic N) is 2. The molecular formula is C23H19BrN2. The Morgan fingerprint density at radius 3 is 2.42 bits per heavy atom. The second-order valence-corrected chi connectivity index (χ2v) is 7.31. The molecule has 0 saturated carbocycles. The van der Waals surface area contributed by atoms with Crippen LogP contribution in [0.2, 0.25) is 0 Å². The van der Waals surface area contributed by atoms with Gasteiger partial charge < -0.3 is 4.57 Å². The van der Waals surface area contributed by atoms with Gasteiger partial charge in [0, 0.05) is 38.7 Å². The van der Waals surface area contributed by atoms with Crippen LogP contribution >= 0.6 is 15.9 Å². The zero-order chi connectivity index (χ0) is 18.1.